The van der Waals surface area contributed by atoms with Gasteiger partial charge in [-0.25, -0.2) is 9.97 Å². The molecule has 31 heavy (non-hydrogen) atoms. The van der Waals surface area contributed by atoms with Crippen LogP contribution >= 0.6 is 0 Å². The number of hydrogen-bond donors (Lipinski definition) is 1. The van der Waals surface area contributed by atoms with Crippen LogP contribution in [-0.4, -0.2) is 58.9 Å². The zero-order chi connectivity index (χ0) is 22.3. The smallest absolute Gasteiger partial charge is 0.255 e. The third-order valence-electron chi connectivity index (χ3n) is 6.06. The van der Waals surface area contributed by atoms with Gasteiger partial charge < -0.3 is 14.6 Å². The van der Waals surface area contributed by atoms with Crippen LogP contribution in [-0.2, 0) is 7.05 Å². The zero-order valence-electron chi connectivity index (χ0n) is 18.7. The maximum Gasteiger partial charge on any atom is 0.255 e. The van der Waals surface area contributed by atoms with E-state index in [1.54, 1.807) is 19.6 Å². The van der Waals surface area contributed by atoms with Crippen LogP contribution in [0, 0.1) is 0 Å². The lowest BCUT2D eigenvalue weighted by Gasteiger charge is -2.20. The fourth-order valence-electron chi connectivity index (χ4n) is 4.11. The first-order valence-corrected chi connectivity index (χ1v) is 10.1. The van der Waals surface area contributed by atoms with Crippen LogP contribution in [0.1, 0.15) is 10.4 Å². The normalized spacial score (nSPS) is 10.9. The van der Waals surface area contributed by atoms with Gasteiger partial charge in [-0.2, -0.15) is 0 Å². The monoisotopic (exact) mass is 406 g/mol. The van der Waals surface area contributed by atoms with Crippen molar-refractivity contribution in [3.8, 4) is 17.0 Å². The summed E-state index contributed by atoms with van der Waals surface area (Å²) >= 11 is 0. The van der Waals surface area contributed by atoms with E-state index in [9.17, 15) is 4.79 Å². The predicted octanol–water partition coefficient (Wildman–Crippen LogP) is -3.07. The van der Waals surface area contributed by atoms with Crippen LogP contribution in [0.2, 0.25) is 0 Å². The number of anilines is 1. The minimum absolute atomic E-state index is 0.168. The first-order valence-electron chi connectivity index (χ1n) is 10.1. The summed E-state index contributed by atoms with van der Waals surface area (Å²) in [5, 5.41) is 4.99. The van der Waals surface area contributed by atoms with Gasteiger partial charge in [-0.05, 0) is 17.5 Å². The minimum atomic E-state index is -0.168. The first kappa shape index (κ1) is 20.8. The summed E-state index contributed by atoms with van der Waals surface area (Å²) in [6.07, 6.45) is 5.40. The molecule has 0 aliphatic carbocycles. The molecule has 0 aliphatic rings. The van der Waals surface area contributed by atoms with Gasteiger partial charge in [-0.1, -0.05) is 34.0 Å². The third-order valence-corrected chi connectivity index (χ3v) is 6.06. The van der Waals surface area contributed by atoms with Gasteiger partial charge in [0.1, 0.15) is 43.0 Å². The van der Waals surface area contributed by atoms with Crippen molar-refractivity contribution in [1.82, 2.24) is 14.5 Å². The molecule has 0 aliphatic heterocycles. The number of pyridine rings is 1. The molecule has 2 aromatic carbocycles. The fraction of sp³-hybridized carbons (Fsp3) is 0.0952. The Balaban J connectivity index is 1.70. The Kier molecular flexibility index (Phi) is 5.39. The Labute approximate surface area is 185 Å². The topological polar surface area (TPSA) is 69.0 Å². The van der Waals surface area contributed by atoms with Gasteiger partial charge in [-0.15, -0.1) is 0 Å². The van der Waals surface area contributed by atoms with Crippen LogP contribution in [0.3, 0.4) is 0 Å². The molecule has 0 spiro atoms. The number of amides is 1. The molecule has 2 heterocycles. The summed E-state index contributed by atoms with van der Waals surface area (Å²) < 4.78 is 7.52. The van der Waals surface area contributed by atoms with Crippen LogP contribution in [0.25, 0.3) is 22.0 Å². The number of hydrogen-bond acceptors (Lipinski definition) is 4. The number of carbonyl (C=O) groups is 1. The quantitative estimate of drug-likeness (QED) is 0.366. The van der Waals surface area contributed by atoms with E-state index in [4.69, 9.17) is 4.74 Å². The highest BCUT2D eigenvalue weighted by atomic mass is 16.5. The molecule has 4 rings (SSSR count). The van der Waals surface area contributed by atoms with E-state index < -0.39 is 0 Å². The number of methoxy groups -OCH3 is 1. The highest BCUT2D eigenvalue weighted by Crippen LogP contribution is 2.25. The summed E-state index contributed by atoms with van der Waals surface area (Å²) in [6.45, 7) is 0. The number of carbonyl (C=O) groups excluding carboxylic acids is 1. The van der Waals surface area contributed by atoms with Crippen molar-refractivity contribution in [3.05, 3.63) is 48.5 Å². The molecule has 4 aromatic rings. The van der Waals surface area contributed by atoms with Crippen LogP contribution < -0.4 is 31.9 Å². The summed E-state index contributed by atoms with van der Waals surface area (Å²) in [5.41, 5.74) is 6.53. The molecule has 6 nitrogen and oxygen atoms in total. The molecule has 1 amide bonds. The average Bonchev–Trinajstić information content (AvgIpc) is 3.18. The lowest BCUT2D eigenvalue weighted by molar-refractivity contribution is 0.102. The lowest BCUT2D eigenvalue weighted by Crippen LogP contribution is -2.47. The van der Waals surface area contributed by atoms with Crippen LogP contribution in [0.15, 0.2) is 43.0 Å². The predicted molar refractivity (Wildman–Crippen MR) is 138 cm³/mol. The number of nitrogens with zero attached hydrogens (tertiary/aromatic N) is 3. The summed E-state index contributed by atoms with van der Waals surface area (Å²) in [5.74, 6) is 1.18. The van der Waals surface area contributed by atoms with E-state index in [0.29, 0.717) is 11.4 Å². The number of benzene rings is 2. The largest absolute Gasteiger partial charge is 0.498 e. The molecule has 2 aromatic heterocycles. The van der Waals surface area contributed by atoms with Gasteiger partial charge in [0.05, 0.1) is 25.3 Å². The maximum atomic E-state index is 13.2. The van der Waals surface area contributed by atoms with Gasteiger partial charge in [0.15, 0.2) is 0 Å². The second-order valence-corrected chi connectivity index (χ2v) is 7.88. The maximum absolute atomic E-state index is 13.2. The first-order chi connectivity index (χ1) is 14.8. The van der Waals surface area contributed by atoms with Crippen molar-refractivity contribution in [2.24, 2.45) is 7.05 Å². The Morgan fingerprint density at radius 3 is 2.32 bits per heavy atom. The van der Waals surface area contributed by atoms with Crippen molar-refractivity contribution >= 4 is 75.7 Å². The molecule has 0 unspecified atom stereocenters. The second kappa shape index (κ2) is 8.02. The van der Waals surface area contributed by atoms with Crippen molar-refractivity contribution in [2.45, 2.75) is 0 Å². The third kappa shape index (κ3) is 3.63. The van der Waals surface area contributed by atoms with Gasteiger partial charge in [0.2, 0.25) is 0 Å². The van der Waals surface area contributed by atoms with E-state index in [-0.39, 0.29) is 5.91 Å². The second-order valence-electron chi connectivity index (χ2n) is 7.88. The van der Waals surface area contributed by atoms with Gasteiger partial charge in [0.25, 0.3) is 5.91 Å². The molecule has 10 heteroatoms. The van der Waals surface area contributed by atoms with Crippen molar-refractivity contribution in [2.75, 3.05) is 12.4 Å². The number of rotatable bonds is 4. The molecular formula is C21H22B4N4O2. The fourth-order valence-corrected chi connectivity index (χ4v) is 4.11. The average molecular weight is 406 g/mol. The molecule has 0 atom stereocenters. The summed E-state index contributed by atoms with van der Waals surface area (Å²) in [7, 11) is 11.5. The molecule has 1 N–H and O–H groups in total. The van der Waals surface area contributed by atoms with E-state index >= 15 is 0 Å². The summed E-state index contributed by atoms with van der Waals surface area (Å²) in [4.78, 5) is 21.8. The van der Waals surface area contributed by atoms with Gasteiger partial charge >= 0.3 is 0 Å². The summed E-state index contributed by atoms with van der Waals surface area (Å²) in [6, 6.07) is 8.07. The van der Waals surface area contributed by atoms with Gasteiger partial charge in [0, 0.05) is 29.8 Å². The highest BCUT2D eigenvalue weighted by Gasteiger charge is 2.20. The van der Waals surface area contributed by atoms with Gasteiger partial charge in [-0.3, -0.25) is 4.79 Å². The zero-order valence-corrected chi connectivity index (χ0v) is 18.7. The van der Waals surface area contributed by atoms with Crippen LogP contribution in [0.4, 0.5) is 5.82 Å². The number of imidazole rings is 1. The van der Waals surface area contributed by atoms with E-state index in [1.807, 2.05) is 61.3 Å². The lowest BCUT2D eigenvalue weighted by atomic mass is 9.66. The van der Waals surface area contributed by atoms with Crippen molar-refractivity contribution < 1.29 is 9.53 Å². The highest BCUT2D eigenvalue weighted by molar-refractivity contribution is 6.61. The number of ether oxygens (including phenoxy) is 1. The Hall–Kier alpha value is -3.41. The van der Waals surface area contributed by atoms with E-state index in [0.717, 1.165) is 49.6 Å². The Bertz CT molecular complexity index is 1310. The number of aryl methyl sites for hydroxylation is 1. The SMILES string of the molecule is Bc1c(B)c(C(=O)Nc2cc3cc(-c4cncn4C)ccc3cn2)c(B)c(B)c1OC. The standard InChI is InChI=1S/C21H22B4N4O2/c1-29-9-26-8-13(29)10-3-4-11-7-27-14(6-12(11)5-10)28-21(30)15-16(22)18(24)20(31-2)19(25)17(15)23/h3-9H,22-25H2,1-2H3,(H,27,28,30). The Morgan fingerprint density at radius 2 is 1.71 bits per heavy atom. The number of fused-ring (bicyclic) bond motifs is 1. The molecule has 0 bridgehead atoms. The van der Waals surface area contributed by atoms with E-state index in [1.165, 1.54) is 0 Å². The van der Waals surface area contributed by atoms with E-state index in [2.05, 4.69) is 27.4 Å². The Morgan fingerprint density at radius 1 is 1.00 bits per heavy atom. The molecular weight excluding hydrogens is 384 g/mol. The molecule has 0 saturated heterocycles. The van der Waals surface area contributed by atoms with Crippen LogP contribution in [0.5, 0.6) is 5.75 Å². The number of nitrogens with one attached hydrogen (secondary N) is 1. The molecule has 150 valence electrons. The molecule has 0 saturated carbocycles. The number of aromatic nitrogens is 3. The van der Waals surface area contributed by atoms with Crippen molar-refractivity contribution in [1.29, 1.82) is 0 Å². The molecule has 0 fully saturated rings. The minimum Gasteiger partial charge on any atom is -0.498 e. The molecule has 0 radical (unpaired) electrons. The van der Waals surface area contributed by atoms with Crippen molar-refractivity contribution in [3.63, 3.8) is 0 Å².